The molecular weight excluding hydrogens is 316 g/mol. The van der Waals surface area contributed by atoms with E-state index in [9.17, 15) is 13.2 Å². The largest absolute Gasteiger partial charge is 0.480 e. The van der Waals surface area contributed by atoms with Gasteiger partial charge in [0.05, 0.1) is 4.90 Å². The van der Waals surface area contributed by atoms with Crippen molar-refractivity contribution < 1.29 is 18.3 Å². The summed E-state index contributed by atoms with van der Waals surface area (Å²) in [5.74, 6) is -1.25. The molecule has 2 rings (SSSR count). The number of carboxylic acid groups (broad SMARTS) is 1. The molecule has 4 N–H and O–H groups in total. The van der Waals surface area contributed by atoms with E-state index in [1.54, 1.807) is 12.1 Å². The van der Waals surface area contributed by atoms with Crippen molar-refractivity contribution in [3.8, 4) is 11.1 Å². The topological polar surface area (TPSA) is 109 Å². The highest BCUT2D eigenvalue weighted by atomic mass is 32.2. The van der Waals surface area contributed by atoms with Crippen molar-refractivity contribution in [3.63, 3.8) is 0 Å². The van der Waals surface area contributed by atoms with Gasteiger partial charge in [-0.3, -0.25) is 4.79 Å². The molecule has 2 aromatic carbocycles. The molecule has 23 heavy (non-hydrogen) atoms. The van der Waals surface area contributed by atoms with Crippen LogP contribution in [0.1, 0.15) is 6.42 Å². The summed E-state index contributed by atoms with van der Waals surface area (Å²) >= 11 is 0. The first-order valence-corrected chi connectivity index (χ1v) is 8.53. The second-order valence-corrected chi connectivity index (χ2v) is 6.69. The molecule has 0 bridgehead atoms. The molecule has 2 aromatic rings. The standard InChI is InChI=1S/C16H18N2O4S/c17-11-10-15(16(19)20)18-23(21,22)14-8-6-13(7-9-14)12-4-2-1-3-5-12/h1-9,15,18H,10-11,17H2,(H,19,20). The molecule has 0 aliphatic carbocycles. The molecule has 122 valence electrons. The van der Waals surface area contributed by atoms with Crippen LogP contribution < -0.4 is 10.5 Å². The van der Waals surface area contributed by atoms with Gasteiger partial charge in [-0.25, -0.2) is 8.42 Å². The summed E-state index contributed by atoms with van der Waals surface area (Å²) in [6.45, 7) is 0.0758. The van der Waals surface area contributed by atoms with Crippen LogP contribution in [0, 0.1) is 0 Å². The molecule has 0 aromatic heterocycles. The van der Waals surface area contributed by atoms with E-state index in [0.717, 1.165) is 11.1 Å². The molecule has 0 aliphatic heterocycles. The molecule has 0 radical (unpaired) electrons. The number of carbonyl (C=O) groups is 1. The van der Waals surface area contributed by atoms with E-state index in [1.807, 2.05) is 30.3 Å². The molecule has 0 aliphatic rings. The molecule has 0 amide bonds. The van der Waals surface area contributed by atoms with E-state index in [4.69, 9.17) is 10.8 Å². The number of aliphatic carboxylic acids is 1. The van der Waals surface area contributed by atoms with E-state index >= 15 is 0 Å². The molecule has 7 heteroatoms. The van der Waals surface area contributed by atoms with Crippen LogP contribution in [-0.2, 0) is 14.8 Å². The second-order valence-electron chi connectivity index (χ2n) is 4.98. The fourth-order valence-electron chi connectivity index (χ4n) is 2.11. The van der Waals surface area contributed by atoms with Crippen LogP contribution in [-0.4, -0.2) is 32.1 Å². The Morgan fingerprint density at radius 3 is 2.13 bits per heavy atom. The molecule has 0 spiro atoms. The van der Waals surface area contributed by atoms with Gasteiger partial charge in [0.25, 0.3) is 0 Å². The molecule has 1 atom stereocenters. The lowest BCUT2D eigenvalue weighted by atomic mass is 10.1. The number of nitrogens with one attached hydrogen (secondary N) is 1. The third-order valence-electron chi connectivity index (χ3n) is 3.32. The zero-order chi connectivity index (χ0) is 16.9. The Balaban J connectivity index is 2.22. The van der Waals surface area contributed by atoms with Gasteiger partial charge < -0.3 is 10.8 Å². The van der Waals surface area contributed by atoms with Crippen molar-refractivity contribution in [2.75, 3.05) is 6.54 Å². The monoisotopic (exact) mass is 334 g/mol. The van der Waals surface area contributed by atoms with E-state index in [-0.39, 0.29) is 17.9 Å². The van der Waals surface area contributed by atoms with Crippen LogP contribution in [0.3, 0.4) is 0 Å². The van der Waals surface area contributed by atoms with Gasteiger partial charge in [-0.1, -0.05) is 42.5 Å². The van der Waals surface area contributed by atoms with Crippen molar-refractivity contribution in [3.05, 3.63) is 54.6 Å². The van der Waals surface area contributed by atoms with Crippen molar-refractivity contribution in [1.82, 2.24) is 4.72 Å². The highest BCUT2D eigenvalue weighted by Gasteiger charge is 2.24. The van der Waals surface area contributed by atoms with Crippen LogP contribution >= 0.6 is 0 Å². The Kier molecular flexibility index (Phi) is 5.49. The fourth-order valence-corrected chi connectivity index (χ4v) is 3.34. The number of hydrogen-bond acceptors (Lipinski definition) is 4. The SMILES string of the molecule is NCCC(NS(=O)(=O)c1ccc(-c2ccccc2)cc1)C(=O)O. The predicted molar refractivity (Wildman–Crippen MR) is 87.3 cm³/mol. The Bertz CT molecular complexity index is 758. The van der Waals surface area contributed by atoms with Gasteiger partial charge >= 0.3 is 5.97 Å². The predicted octanol–water partition coefficient (Wildman–Crippen LogP) is 1.43. The third-order valence-corrected chi connectivity index (χ3v) is 4.81. The van der Waals surface area contributed by atoms with Gasteiger partial charge in [-0.05, 0) is 36.2 Å². The molecule has 0 saturated heterocycles. The summed E-state index contributed by atoms with van der Waals surface area (Å²) in [7, 11) is -3.91. The van der Waals surface area contributed by atoms with Crippen molar-refractivity contribution >= 4 is 16.0 Å². The van der Waals surface area contributed by atoms with Gasteiger partial charge in [-0.2, -0.15) is 4.72 Å². The quantitative estimate of drug-likeness (QED) is 0.710. The van der Waals surface area contributed by atoms with E-state index in [1.165, 1.54) is 12.1 Å². The van der Waals surface area contributed by atoms with Gasteiger partial charge in [0.2, 0.25) is 10.0 Å². The molecular formula is C16H18N2O4S. The Hall–Kier alpha value is -2.22. The Labute approximate surface area is 135 Å². The normalized spacial score (nSPS) is 12.7. The minimum absolute atomic E-state index is 0.0143. The first-order chi connectivity index (χ1) is 10.9. The molecule has 0 heterocycles. The van der Waals surface area contributed by atoms with Crippen molar-refractivity contribution in [2.45, 2.75) is 17.4 Å². The first kappa shape index (κ1) is 17.1. The van der Waals surface area contributed by atoms with Crippen LogP contribution in [0.2, 0.25) is 0 Å². The number of rotatable bonds is 7. The van der Waals surface area contributed by atoms with E-state index < -0.39 is 22.0 Å². The minimum Gasteiger partial charge on any atom is -0.480 e. The summed E-state index contributed by atoms with van der Waals surface area (Å²) in [4.78, 5) is 11.1. The maximum absolute atomic E-state index is 12.3. The lowest BCUT2D eigenvalue weighted by Gasteiger charge is -2.14. The number of nitrogens with two attached hydrogens (primary N) is 1. The van der Waals surface area contributed by atoms with Gasteiger partial charge in [0.15, 0.2) is 0 Å². The highest BCUT2D eigenvalue weighted by molar-refractivity contribution is 7.89. The minimum atomic E-state index is -3.91. The summed E-state index contributed by atoms with van der Waals surface area (Å²) in [6.07, 6.45) is 0.0245. The third kappa shape index (κ3) is 4.38. The van der Waals surface area contributed by atoms with Crippen LogP contribution in [0.25, 0.3) is 11.1 Å². The molecule has 0 fully saturated rings. The average Bonchev–Trinajstić information content (AvgIpc) is 2.55. The lowest BCUT2D eigenvalue weighted by Crippen LogP contribution is -2.41. The lowest BCUT2D eigenvalue weighted by molar-refractivity contribution is -0.139. The fraction of sp³-hybridized carbons (Fsp3) is 0.188. The molecule has 1 unspecified atom stereocenters. The van der Waals surface area contributed by atoms with Gasteiger partial charge in [0, 0.05) is 0 Å². The summed E-state index contributed by atoms with van der Waals surface area (Å²) in [5, 5.41) is 9.02. The van der Waals surface area contributed by atoms with Crippen molar-refractivity contribution in [2.24, 2.45) is 5.73 Å². The average molecular weight is 334 g/mol. The number of hydrogen-bond donors (Lipinski definition) is 3. The maximum atomic E-state index is 12.3. The van der Waals surface area contributed by atoms with Crippen LogP contribution in [0.5, 0.6) is 0 Å². The highest BCUT2D eigenvalue weighted by Crippen LogP contribution is 2.21. The zero-order valence-corrected chi connectivity index (χ0v) is 13.2. The van der Waals surface area contributed by atoms with Gasteiger partial charge in [-0.15, -0.1) is 0 Å². The smallest absolute Gasteiger partial charge is 0.321 e. The first-order valence-electron chi connectivity index (χ1n) is 7.05. The summed E-state index contributed by atoms with van der Waals surface area (Å²) in [6, 6.07) is 14.6. The number of benzene rings is 2. The molecule has 6 nitrogen and oxygen atoms in total. The second kappa shape index (κ2) is 7.36. The summed E-state index contributed by atoms with van der Waals surface area (Å²) in [5.41, 5.74) is 7.16. The van der Waals surface area contributed by atoms with Crippen LogP contribution in [0.4, 0.5) is 0 Å². The van der Waals surface area contributed by atoms with E-state index in [0.29, 0.717) is 0 Å². The summed E-state index contributed by atoms with van der Waals surface area (Å²) < 4.78 is 26.7. The Morgan fingerprint density at radius 2 is 1.61 bits per heavy atom. The van der Waals surface area contributed by atoms with Crippen LogP contribution in [0.15, 0.2) is 59.5 Å². The van der Waals surface area contributed by atoms with E-state index in [2.05, 4.69) is 4.72 Å². The zero-order valence-electron chi connectivity index (χ0n) is 12.3. The maximum Gasteiger partial charge on any atom is 0.321 e. The van der Waals surface area contributed by atoms with Crippen molar-refractivity contribution in [1.29, 1.82) is 0 Å². The van der Waals surface area contributed by atoms with Gasteiger partial charge in [0.1, 0.15) is 6.04 Å². The molecule has 0 saturated carbocycles. The number of carboxylic acids is 1. The Morgan fingerprint density at radius 1 is 1.04 bits per heavy atom. The number of sulfonamides is 1.